The third-order valence-electron chi connectivity index (χ3n) is 6.70. The number of nitrogens with zero attached hydrogens (tertiary/aromatic N) is 4. The van der Waals surface area contributed by atoms with Gasteiger partial charge < -0.3 is 9.64 Å². The van der Waals surface area contributed by atoms with Crippen LogP contribution in [0.15, 0.2) is 71.1 Å². The van der Waals surface area contributed by atoms with E-state index in [1.807, 2.05) is 29.6 Å². The number of carbonyl (C=O) groups is 2. The molecule has 0 spiro atoms. The summed E-state index contributed by atoms with van der Waals surface area (Å²) in [5, 5.41) is 8.78. The van der Waals surface area contributed by atoms with Crippen molar-refractivity contribution in [3.05, 3.63) is 92.9 Å². The van der Waals surface area contributed by atoms with Crippen LogP contribution in [0.5, 0.6) is 0 Å². The van der Waals surface area contributed by atoms with Crippen LogP contribution in [0.3, 0.4) is 0 Å². The topological polar surface area (TPSA) is 65.5 Å². The van der Waals surface area contributed by atoms with Crippen LogP contribution in [0.25, 0.3) is 0 Å². The Hall–Kier alpha value is -3.11. The molecule has 0 bridgehead atoms. The fraction of sp³-hybridized carbons (Fsp3) is 0.321. The van der Waals surface area contributed by atoms with Crippen LogP contribution in [0, 0.1) is 5.82 Å². The lowest BCUT2D eigenvalue weighted by atomic mass is 10.0. The molecule has 1 saturated heterocycles. The quantitative estimate of drug-likeness (QED) is 0.405. The van der Waals surface area contributed by atoms with E-state index in [0.717, 1.165) is 29.2 Å². The number of rotatable bonds is 8. The maximum atomic E-state index is 13.9. The molecule has 38 heavy (non-hydrogen) atoms. The monoisotopic (exact) mass is 554 g/mol. The summed E-state index contributed by atoms with van der Waals surface area (Å²) >= 11 is 7.68. The highest BCUT2D eigenvalue weighted by molar-refractivity contribution is 7.12. The lowest BCUT2D eigenvalue weighted by molar-refractivity contribution is -0.133. The van der Waals surface area contributed by atoms with E-state index >= 15 is 0 Å². The summed E-state index contributed by atoms with van der Waals surface area (Å²) in [5.74, 6) is -1.19. The lowest BCUT2D eigenvalue weighted by Crippen LogP contribution is -2.46. The Morgan fingerprint density at radius 3 is 2.61 bits per heavy atom. The van der Waals surface area contributed by atoms with Crippen LogP contribution in [0.2, 0.25) is 5.02 Å². The number of ether oxygens (including phenoxy) is 1. The molecule has 0 unspecified atom stereocenters. The molecule has 0 radical (unpaired) electrons. The minimum atomic E-state index is -0.497. The molecular formula is C28H28ClFN4O3S. The normalized spacial score (nSPS) is 17.9. The fourth-order valence-corrected chi connectivity index (χ4v) is 5.50. The molecule has 1 aromatic heterocycles. The molecule has 3 aromatic rings. The molecule has 2 amide bonds. The Bertz CT molecular complexity index is 1300. The molecular weight excluding hydrogens is 527 g/mol. The first kappa shape index (κ1) is 26.5. The average molecular weight is 555 g/mol. The molecule has 5 rings (SSSR count). The smallest absolute Gasteiger partial charge is 0.262 e. The van der Waals surface area contributed by atoms with Gasteiger partial charge in [-0.2, -0.15) is 5.10 Å². The van der Waals surface area contributed by atoms with Gasteiger partial charge in [0.05, 0.1) is 29.8 Å². The SMILES string of the molecule is O=C(c1cccc(F)c1)N(CCN1CCOCC1)CC(=O)N1N=C(c2cccs2)C[C@@H]1c1ccc(Cl)cc1. The van der Waals surface area contributed by atoms with Crippen LogP contribution in [-0.4, -0.2) is 78.3 Å². The third-order valence-corrected chi connectivity index (χ3v) is 7.87. The summed E-state index contributed by atoms with van der Waals surface area (Å²) in [7, 11) is 0. The van der Waals surface area contributed by atoms with E-state index < -0.39 is 11.7 Å². The number of thiophene rings is 1. The summed E-state index contributed by atoms with van der Waals surface area (Å²) in [6.45, 7) is 3.51. The zero-order chi connectivity index (χ0) is 26.5. The minimum Gasteiger partial charge on any atom is -0.379 e. The first-order chi connectivity index (χ1) is 18.5. The van der Waals surface area contributed by atoms with Crippen molar-refractivity contribution >= 4 is 40.5 Å². The predicted octanol–water partition coefficient (Wildman–Crippen LogP) is 4.69. The summed E-state index contributed by atoms with van der Waals surface area (Å²) in [6, 6.07) is 16.6. The fourth-order valence-electron chi connectivity index (χ4n) is 4.66. The standard InChI is InChI=1S/C28H28ClFN4O3S/c29-22-8-6-20(7-9-22)25-18-24(26-5-2-16-38-26)31-34(25)27(35)19-33(11-10-32-12-14-37-15-13-32)28(36)21-3-1-4-23(30)17-21/h1-9,16-17,25H,10-15,18-19H2/t25-/m1/s1. The molecule has 1 fully saturated rings. The number of benzene rings is 2. The van der Waals surface area contributed by atoms with Crippen LogP contribution >= 0.6 is 22.9 Å². The molecule has 7 nitrogen and oxygen atoms in total. The van der Waals surface area contributed by atoms with Crippen molar-refractivity contribution in [3.8, 4) is 0 Å². The zero-order valence-electron chi connectivity index (χ0n) is 20.8. The molecule has 0 saturated carbocycles. The maximum Gasteiger partial charge on any atom is 0.262 e. The van der Waals surface area contributed by atoms with Crippen molar-refractivity contribution in [1.29, 1.82) is 0 Å². The highest BCUT2D eigenvalue weighted by Crippen LogP contribution is 2.34. The van der Waals surface area contributed by atoms with Crippen LogP contribution in [0.4, 0.5) is 4.39 Å². The van der Waals surface area contributed by atoms with Crippen molar-refractivity contribution in [3.63, 3.8) is 0 Å². The second-order valence-corrected chi connectivity index (χ2v) is 10.6. The Morgan fingerprint density at radius 1 is 1.11 bits per heavy atom. The molecule has 198 valence electrons. The highest BCUT2D eigenvalue weighted by Gasteiger charge is 2.35. The van der Waals surface area contributed by atoms with Crippen molar-refractivity contribution in [1.82, 2.24) is 14.8 Å². The van der Waals surface area contributed by atoms with E-state index in [0.29, 0.717) is 37.7 Å². The number of hydrogen-bond donors (Lipinski definition) is 0. The molecule has 3 heterocycles. The number of amides is 2. The second-order valence-electron chi connectivity index (χ2n) is 9.22. The average Bonchev–Trinajstić information content (AvgIpc) is 3.62. The van der Waals surface area contributed by atoms with E-state index in [4.69, 9.17) is 21.4 Å². The lowest BCUT2D eigenvalue weighted by Gasteiger charge is -2.31. The summed E-state index contributed by atoms with van der Waals surface area (Å²) in [6.07, 6.45) is 0.555. The van der Waals surface area contributed by atoms with Crippen molar-refractivity contribution < 1.29 is 18.7 Å². The van der Waals surface area contributed by atoms with Crippen LogP contribution in [0.1, 0.15) is 33.3 Å². The Kier molecular flexibility index (Phi) is 8.48. The molecule has 2 aliphatic rings. The number of carbonyl (C=O) groups excluding carboxylic acids is 2. The summed E-state index contributed by atoms with van der Waals surface area (Å²) in [4.78, 5) is 31.9. The van der Waals surface area contributed by atoms with Crippen LogP contribution < -0.4 is 0 Å². The third kappa shape index (κ3) is 6.30. The number of hydrazone groups is 1. The van der Waals surface area contributed by atoms with Gasteiger partial charge in [0.1, 0.15) is 12.4 Å². The first-order valence-corrected chi connectivity index (χ1v) is 13.8. The van der Waals surface area contributed by atoms with Gasteiger partial charge >= 0.3 is 0 Å². The van der Waals surface area contributed by atoms with Crippen molar-refractivity contribution in [2.24, 2.45) is 5.10 Å². The molecule has 10 heteroatoms. The van der Waals surface area contributed by atoms with Gasteiger partial charge in [0.15, 0.2) is 0 Å². The molecule has 1 atom stereocenters. The van der Waals surface area contributed by atoms with E-state index in [1.165, 1.54) is 28.1 Å². The number of halogens is 2. The van der Waals surface area contributed by atoms with Gasteiger partial charge in [0.2, 0.25) is 0 Å². The van der Waals surface area contributed by atoms with Gasteiger partial charge in [-0.15, -0.1) is 11.3 Å². The van der Waals surface area contributed by atoms with Gasteiger partial charge in [-0.3, -0.25) is 14.5 Å². The van der Waals surface area contributed by atoms with Gasteiger partial charge in [-0.1, -0.05) is 35.9 Å². The van der Waals surface area contributed by atoms with Gasteiger partial charge in [-0.25, -0.2) is 9.40 Å². The Morgan fingerprint density at radius 2 is 1.89 bits per heavy atom. The molecule has 0 N–H and O–H groups in total. The second kappa shape index (κ2) is 12.2. The number of hydrogen-bond acceptors (Lipinski definition) is 6. The van der Waals surface area contributed by atoms with E-state index in [2.05, 4.69) is 4.90 Å². The number of morpholine rings is 1. The maximum absolute atomic E-state index is 13.9. The Labute approximate surface area is 230 Å². The van der Waals surface area contributed by atoms with Crippen molar-refractivity contribution in [2.75, 3.05) is 45.9 Å². The minimum absolute atomic E-state index is 0.176. The van der Waals surface area contributed by atoms with E-state index in [1.54, 1.807) is 29.5 Å². The molecule has 0 aliphatic carbocycles. The highest BCUT2D eigenvalue weighted by atomic mass is 35.5. The van der Waals surface area contributed by atoms with Crippen LogP contribution in [-0.2, 0) is 9.53 Å². The molecule has 2 aromatic carbocycles. The van der Waals surface area contributed by atoms with Gasteiger partial charge in [0.25, 0.3) is 11.8 Å². The van der Waals surface area contributed by atoms with Crippen molar-refractivity contribution in [2.45, 2.75) is 12.5 Å². The van der Waals surface area contributed by atoms with E-state index in [9.17, 15) is 14.0 Å². The summed E-state index contributed by atoms with van der Waals surface area (Å²) < 4.78 is 19.4. The molecule has 2 aliphatic heterocycles. The predicted molar refractivity (Wildman–Crippen MR) is 146 cm³/mol. The largest absolute Gasteiger partial charge is 0.379 e. The van der Waals surface area contributed by atoms with Gasteiger partial charge in [0, 0.05) is 43.2 Å². The zero-order valence-corrected chi connectivity index (χ0v) is 22.3. The van der Waals surface area contributed by atoms with E-state index in [-0.39, 0.29) is 24.1 Å². The van der Waals surface area contributed by atoms with Gasteiger partial charge in [-0.05, 0) is 47.3 Å². The Balaban J connectivity index is 1.39. The first-order valence-electron chi connectivity index (χ1n) is 12.5. The summed E-state index contributed by atoms with van der Waals surface area (Å²) in [5.41, 5.74) is 1.94.